The Bertz CT molecular complexity index is 738. The highest BCUT2D eigenvalue weighted by Crippen LogP contribution is 2.24. The van der Waals surface area contributed by atoms with Gasteiger partial charge in [-0.2, -0.15) is 5.26 Å². The molecule has 5 nitrogen and oxygen atoms in total. The number of hydrogen-bond acceptors (Lipinski definition) is 4. The molecule has 0 saturated heterocycles. The van der Waals surface area contributed by atoms with Crippen molar-refractivity contribution in [3.05, 3.63) is 58.9 Å². The van der Waals surface area contributed by atoms with E-state index in [1.54, 1.807) is 0 Å². The number of nitrogens with two attached hydrogens (primary N) is 1. The number of benzene rings is 2. The lowest BCUT2D eigenvalue weighted by molar-refractivity contribution is 0.0697. The number of anilines is 1. The van der Waals surface area contributed by atoms with Gasteiger partial charge in [0, 0.05) is 5.56 Å². The molecule has 6 heteroatoms. The van der Waals surface area contributed by atoms with Crippen LogP contribution in [0.1, 0.15) is 21.5 Å². The summed E-state index contributed by atoms with van der Waals surface area (Å²) in [5.74, 6) is -1.29. The second kappa shape index (κ2) is 5.92. The van der Waals surface area contributed by atoms with Gasteiger partial charge in [-0.25, -0.2) is 9.18 Å². The Morgan fingerprint density at radius 2 is 2.10 bits per heavy atom. The quantitative estimate of drug-likeness (QED) is 0.842. The lowest BCUT2D eigenvalue weighted by Gasteiger charge is -2.10. The highest BCUT2D eigenvalue weighted by Gasteiger charge is 2.09. The van der Waals surface area contributed by atoms with Gasteiger partial charge in [0.2, 0.25) is 0 Å². The van der Waals surface area contributed by atoms with Crippen LogP contribution in [0.15, 0.2) is 36.4 Å². The summed E-state index contributed by atoms with van der Waals surface area (Å²) in [6.07, 6.45) is 0. The lowest BCUT2D eigenvalue weighted by Crippen LogP contribution is -2.03. The average molecular weight is 286 g/mol. The SMILES string of the molecule is N#Cc1ccc(F)cc1COc1ccc(C(=O)O)cc1N. The van der Waals surface area contributed by atoms with Crippen molar-refractivity contribution in [1.82, 2.24) is 0 Å². The van der Waals surface area contributed by atoms with Crippen molar-refractivity contribution >= 4 is 11.7 Å². The van der Waals surface area contributed by atoms with Gasteiger partial charge in [0.25, 0.3) is 0 Å². The fourth-order valence-electron chi connectivity index (χ4n) is 1.76. The van der Waals surface area contributed by atoms with Crippen LogP contribution in [0.5, 0.6) is 5.75 Å². The Labute approximate surface area is 120 Å². The summed E-state index contributed by atoms with van der Waals surface area (Å²) in [5, 5.41) is 17.8. The van der Waals surface area contributed by atoms with Crippen molar-refractivity contribution < 1.29 is 19.0 Å². The van der Waals surface area contributed by atoms with Crippen LogP contribution in [0.2, 0.25) is 0 Å². The molecule has 2 rings (SSSR count). The number of rotatable bonds is 4. The maximum atomic E-state index is 13.2. The van der Waals surface area contributed by atoms with Crippen molar-refractivity contribution in [2.24, 2.45) is 0 Å². The molecule has 0 aliphatic rings. The third-order valence-electron chi connectivity index (χ3n) is 2.83. The second-order valence-electron chi connectivity index (χ2n) is 4.26. The van der Waals surface area contributed by atoms with E-state index in [0.717, 1.165) is 0 Å². The van der Waals surface area contributed by atoms with Crippen LogP contribution in [0.4, 0.5) is 10.1 Å². The van der Waals surface area contributed by atoms with Gasteiger partial charge in [0.15, 0.2) is 0 Å². The summed E-state index contributed by atoms with van der Waals surface area (Å²) in [7, 11) is 0. The van der Waals surface area contributed by atoms with E-state index in [4.69, 9.17) is 20.8 Å². The van der Waals surface area contributed by atoms with Gasteiger partial charge in [-0.05, 0) is 36.4 Å². The topological polar surface area (TPSA) is 96.3 Å². The number of hydrogen-bond donors (Lipinski definition) is 2. The van der Waals surface area contributed by atoms with Crippen molar-refractivity contribution in [3.8, 4) is 11.8 Å². The number of nitriles is 1. The van der Waals surface area contributed by atoms with E-state index >= 15 is 0 Å². The highest BCUT2D eigenvalue weighted by atomic mass is 19.1. The van der Waals surface area contributed by atoms with Gasteiger partial charge in [-0.3, -0.25) is 0 Å². The molecule has 0 radical (unpaired) electrons. The first kappa shape index (κ1) is 14.3. The number of ether oxygens (including phenoxy) is 1. The number of carboxylic acid groups (broad SMARTS) is 1. The smallest absolute Gasteiger partial charge is 0.335 e. The second-order valence-corrected chi connectivity index (χ2v) is 4.26. The predicted octanol–water partition coefficient (Wildman–Crippen LogP) is 2.56. The summed E-state index contributed by atoms with van der Waals surface area (Å²) in [6, 6.07) is 9.75. The lowest BCUT2D eigenvalue weighted by atomic mass is 10.1. The average Bonchev–Trinajstić information content (AvgIpc) is 2.46. The van der Waals surface area contributed by atoms with Gasteiger partial charge in [-0.15, -0.1) is 0 Å². The van der Waals surface area contributed by atoms with Gasteiger partial charge in [0.05, 0.1) is 22.9 Å². The zero-order chi connectivity index (χ0) is 15.4. The van der Waals surface area contributed by atoms with E-state index in [2.05, 4.69) is 0 Å². The van der Waals surface area contributed by atoms with E-state index in [0.29, 0.717) is 11.1 Å². The molecule has 0 saturated carbocycles. The largest absolute Gasteiger partial charge is 0.487 e. The zero-order valence-corrected chi connectivity index (χ0v) is 10.8. The highest BCUT2D eigenvalue weighted by molar-refractivity contribution is 5.89. The van der Waals surface area contributed by atoms with Crippen LogP contribution in [0.25, 0.3) is 0 Å². The maximum Gasteiger partial charge on any atom is 0.335 e. The van der Waals surface area contributed by atoms with Crippen LogP contribution in [-0.4, -0.2) is 11.1 Å². The molecular weight excluding hydrogens is 275 g/mol. The molecule has 106 valence electrons. The van der Waals surface area contributed by atoms with Crippen LogP contribution >= 0.6 is 0 Å². The fourth-order valence-corrected chi connectivity index (χ4v) is 1.76. The fraction of sp³-hybridized carbons (Fsp3) is 0.0667. The van der Waals surface area contributed by atoms with Gasteiger partial charge < -0.3 is 15.6 Å². The molecule has 0 bridgehead atoms. The van der Waals surface area contributed by atoms with Gasteiger partial charge in [-0.1, -0.05) is 0 Å². The summed E-state index contributed by atoms with van der Waals surface area (Å²) in [4.78, 5) is 10.8. The number of carboxylic acids is 1. The van der Waals surface area contributed by atoms with Crippen LogP contribution < -0.4 is 10.5 Å². The van der Waals surface area contributed by atoms with E-state index in [1.165, 1.54) is 36.4 Å². The number of nitrogen functional groups attached to an aromatic ring is 1. The van der Waals surface area contributed by atoms with Crippen molar-refractivity contribution in [1.29, 1.82) is 5.26 Å². The molecule has 0 aliphatic carbocycles. The molecule has 21 heavy (non-hydrogen) atoms. The Morgan fingerprint density at radius 1 is 1.33 bits per heavy atom. The number of carbonyl (C=O) groups is 1. The van der Waals surface area contributed by atoms with Crippen molar-refractivity contribution in [2.75, 3.05) is 5.73 Å². The zero-order valence-electron chi connectivity index (χ0n) is 10.8. The predicted molar refractivity (Wildman–Crippen MR) is 73.3 cm³/mol. The van der Waals surface area contributed by atoms with E-state index < -0.39 is 11.8 Å². The van der Waals surface area contributed by atoms with Crippen molar-refractivity contribution in [2.45, 2.75) is 6.61 Å². The number of halogens is 1. The molecule has 0 aliphatic heterocycles. The molecule has 0 fully saturated rings. The maximum absolute atomic E-state index is 13.2. The molecule has 0 heterocycles. The van der Waals surface area contributed by atoms with Crippen LogP contribution in [-0.2, 0) is 6.61 Å². The summed E-state index contributed by atoms with van der Waals surface area (Å²) in [5.41, 5.74) is 6.59. The monoisotopic (exact) mass is 286 g/mol. The van der Waals surface area contributed by atoms with Crippen LogP contribution in [0.3, 0.4) is 0 Å². The first-order valence-electron chi connectivity index (χ1n) is 5.95. The minimum absolute atomic E-state index is 0.0444. The summed E-state index contributed by atoms with van der Waals surface area (Å²) < 4.78 is 18.6. The van der Waals surface area contributed by atoms with E-state index in [-0.39, 0.29) is 23.6 Å². The molecule has 2 aromatic rings. The van der Waals surface area contributed by atoms with Crippen LogP contribution in [0, 0.1) is 17.1 Å². The molecule has 0 unspecified atom stereocenters. The van der Waals surface area contributed by atoms with Gasteiger partial charge in [0.1, 0.15) is 18.2 Å². The summed E-state index contributed by atoms with van der Waals surface area (Å²) in [6.45, 7) is -0.0444. The molecule has 0 amide bonds. The third kappa shape index (κ3) is 3.28. The van der Waals surface area contributed by atoms with Crippen molar-refractivity contribution in [3.63, 3.8) is 0 Å². The molecule has 0 atom stereocenters. The first-order valence-corrected chi connectivity index (χ1v) is 5.95. The van der Waals surface area contributed by atoms with E-state index in [9.17, 15) is 9.18 Å². The normalized spacial score (nSPS) is 9.90. The summed E-state index contributed by atoms with van der Waals surface area (Å²) >= 11 is 0. The Balaban J connectivity index is 2.19. The molecule has 0 aromatic heterocycles. The Kier molecular flexibility index (Phi) is 4.05. The standard InChI is InChI=1S/C15H11FN2O3/c16-12-3-1-10(7-17)11(5-12)8-21-14-4-2-9(15(19)20)6-13(14)18/h1-6H,8,18H2,(H,19,20). The number of nitrogens with zero attached hydrogens (tertiary/aromatic N) is 1. The first-order chi connectivity index (χ1) is 10.0. The van der Waals surface area contributed by atoms with Gasteiger partial charge >= 0.3 is 5.97 Å². The third-order valence-corrected chi connectivity index (χ3v) is 2.83. The molecular formula is C15H11FN2O3. The number of aromatic carboxylic acids is 1. The van der Waals surface area contributed by atoms with E-state index in [1.807, 2.05) is 6.07 Å². The molecule has 0 spiro atoms. The molecule has 3 N–H and O–H groups in total. The Hall–Kier alpha value is -3.07. The Morgan fingerprint density at radius 3 is 2.71 bits per heavy atom. The minimum Gasteiger partial charge on any atom is -0.487 e. The minimum atomic E-state index is -1.09. The molecule has 2 aromatic carbocycles.